The molecule has 2 heterocycles. The number of fused-ring (bicyclic) bond motifs is 1. The highest BCUT2D eigenvalue weighted by molar-refractivity contribution is 5.44. The fourth-order valence-electron chi connectivity index (χ4n) is 3.02. The van der Waals surface area contributed by atoms with Gasteiger partial charge in [-0.05, 0) is 38.0 Å². The highest BCUT2D eigenvalue weighted by Crippen LogP contribution is 2.26. The maximum absolute atomic E-state index is 13.2. The molecule has 1 aliphatic heterocycles. The van der Waals surface area contributed by atoms with Gasteiger partial charge in [0, 0.05) is 25.2 Å². The molecule has 0 radical (unpaired) electrons. The summed E-state index contributed by atoms with van der Waals surface area (Å²) in [6.45, 7) is 5.13. The van der Waals surface area contributed by atoms with E-state index >= 15 is 0 Å². The average molecular weight is 353 g/mol. The van der Waals surface area contributed by atoms with E-state index < -0.39 is 23.1 Å². The van der Waals surface area contributed by atoms with Crippen molar-refractivity contribution in [3.8, 4) is 5.88 Å². The molecule has 1 aromatic heterocycles. The molecule has 3 rings (SSSR count). The van der Waals surface area contributed by atoms with E-state index in [1.165, 1.54) is 0 Å². The van der Waals surface area contributed by atoms with Gasteiger partial charge in [-0.25, -0.2) is 18.0 Å². The quantitative estimate of drug-likeness (QED) is 0.793. The summed E-state index contributed by atoms with van der Waals surface area (Å²) in [7, 11) is 0. The van der Waals surface area contributed by atoms with Gasteiger partial charge in [-0.3, -0.25) is 4.57 Å². The molecular formula is C17H18F3N3O2. The number of aromatic nitrogens is 2. The summed E-state index contributed by atoms with van der Waals surface area (Å²) in [5.41, 5.74) is -0.328. The largest absolute Gasteiger partial charge is 0.473 e. The fraction of sp³-hybridized carbons (Fsp3) is 0.412. The molecule has 134 valence electrons. The van der Waals surface area contributed by atoms with E-state index in [1.807, 2.05) is 6.92 Å². The van der Waals surface area contributed by atoms with Crippen LogP contribution in [0.4, 0.5) is 19.0 Å². The third kappa shape index (κ3) is 3.33. The summed E-state index contributed by atoms with van der Waals surface area (Å²) in [6, 6.07) is 3.62. The second-order valence-electron chi connectivity index (χ2n) is 5.97. The Morgan fingerprint density at radius 2 is 1.92 bits per heavy atom. The molecule has 1 aromatic carbocycles. The van der Waals surface area contributed by atoms with Crippen LogP contribution in [-0.4, -0.2) is 22.1 Å². The van der Waals surface area contributed by atoms with Crippen molar-refractivity contribution in [2.45, 2.75) is 39.5 Å². The molecule has 8 heteroatoms. The van der Waals surface area contributed by atoms with Gasteiger partial charge in [0.1, 0.15) is 12.4 Å². The van der Waals surface area contributed by atoms with Crippen LogP contribution in [0.15, 0.2) is 23.0 Å². The van der Waals surface area contributed by atoms with E-state index in [2.05, 4.69) is 16.8 Å². The standard InChI is InChI=1S/C17H18F3N3O2/c1-3-22-10(2)4-5-23-15(22)8-14(21-17(23)24)25-9-11-6-12(18)16(20)13(19)7-11/h6-8,10H,3-5,9H2,1-2H3/t10-/m0/s1. The Hall–Kier alpha value is -2.51. The highest BCUT2D eigenvalue weighted by Gasteiger charge is 2.24. The van der Waals surface area contributed by atoms with E-state index in [9.17, 15) is 18.0 Å². The van der Waals surface area contributed by atoms with Crippen LogP contribution in [0, 0.1) is 17.5 Å². The molecule has 0 bridgehead atoms. The molecule has 0 amide bonds. The van der Waals surface area contributed by atoms with Gasteiger partial charge in [-0.1, -0.05) is 0 Å². The second-order valence-corrected chi connectivity index (χ2v) is 5.97. The van der Waals surface area contributed by atoms with Crippen LogP contribution in [0.1, 0.15) is 25.8 Å². The van der Waals surface area contributed by atoms with Gasteiger partial charge in [0.2, 0.25) is 5.88 Å². The first-order valence-corrected chi connectivity index (χ1v) is 8.05. The lowest BCUT2D eigenvalue weighted by Crippen LogP contribution is -2.43. The number of hydrogen-bond acceptors (Lipinski definition) is 4. The Bertz CT molecular complexity index is 831. The van der Waals surface area contributed by atoms with Gasteiger partial charge in [-0.2, -0.15) is 4.98 Å². The third-order valence-electron chi connectivity index (χ3n) is 4.33. The van der Waals surface area contributed by atoms with Gasteiger partial charge >= 0.3 is 5.69 Å². The van der Waals surface area contributed by atoms with E-state index in [0.29, 0.717) is 12.4 Å². The molecule has 0 aliphatic carbocycles. The summed E-state index contributed by atoms with van der Waals surface area (Å²) >= 11 is 0. The normalized spacial score (nSPS) is 16.7. The number of halogens is 3. The van der Waals surface area contributed by atoms with Crippen molar-refractivity contribution in [1.29, 1.82) is 0 Å². The van der Waals surface area contributed by atoms with Crippen molar-refractivity contribution in [1.82, 2.24) is 9.55 Å². The first kappa shape index (κ1) is 17.3. The fourth-order valence-corrected chi connectivity index (χ4v) is 3.02. The average Bonchev–Trinajstić information content (AvgIpc) is 2.57. The van der Waals surface area contributed by atoms with Crippen LogP contribution >= 0.6 is 0 Å². The monoisotopic (exact) mass is 353 g/mol. The summed E-state index contributed by atoms with van der Waals surface area (Å²) < 4.78 is 46.5. The molecule has 0 unspecified atom stereocenters. The van der Waals surface area contributed by atoms with Crippen molar-refractivity contribution < 1.29 is 17.9 Å². The molecule has 0 saturated heterocycles. The lowest BCUT2D eigenvalue weighted by atomic mass is 10.1. The topological polar surface area (TPSA) is 47.4 Å². The Kier molecular flexibility index (Phi) is 4.69. The summed E-state index contributed by atoms with van der Waals surface area (Å²) in [4.78, 5) is 18.1. The van der Waals surface area contributed by atoms with Crippen molar-refractivity contribution in [3.63, 3.8) is 0 Å². The molecule has 2 aromatic rings. The Labute approximate surface area is 142 Å². The Morgan fingerprint density at radius 1 is 1.24 bits per heavy atom. The number of ether oxygens (including phenoxy) is 1. The van der Waals surface area contributed by atoms with Crippen LogP contribution in [0.3, 0.4) is 0 Å². The minimum atomic E-state index is -1.53. The minimum Gasteiger partial charge on any atom is -0.473 e. The molecule has 1 atom stereocenters. The number of nitrogens with zero attached hydrogens (tertiary/aromatic N) is 3. The van der Waals surface area contributed by atoms with Crippen molar-refractivity contribution in [3.05, 3.63) is 51.7 Å². The molecule has 0 fully saturated rings. The van der Waals surface area contributed by atoms with Crippen molar-refractivity contribution in [2.24, 2.45) is 0 Å². The molecular weight excluding hydrogens is 335 g/mol. The highest BCUT2D eigenvalue weighted by atomic mass is 19.2. The molecule has 0 spiro atoms. The summed E-state index contributed by atoms with van der Waals surface area (Å²) in [5.74, 6) is -3.34. The van der Waals surface area contributed by atoms with Gasteiger partial charge in [0.05, 0.1) is 0 Å². The lowest BCUT2D eigenvalue weighted by Gasteiger charge is -2.36. The zero-order valence-corrected chi connectivity index (χ0v) is 13.9. The van der Waals surface area contributed by atoms with Crippen LogP contribution < -0.4 is 15.3 Å². The van der Waals surface area contributed by atoms with E-state index in [0.717, 1.165) is 25.1 Å². The predicted molar refractivity (Wildman–Crippen MR) is 86.2 cm³/mol. The van der Waals surface area contributed by atoms with Crippen LogP contribution in [0.2, 0.25) is 0 Å². The zero-order chi connectivity index (χ0) is 18.1. The number of rotatable bonds is 4. The predicted octanol–water partition coefficient (Wildman–Crippen LogP) is 2.86. The number of anilines is 1. The van der Waals surface area contributed by atoms with Gasteiger partial charge in [0.25, 0.3) is 0 Å². The molecule has 0 N–H and O–H groups in total. The summed E-state index contributed by atoms with van der Waals surface area (Å²) in [6.07, 6.45) is 0.844. The first-order valence-electron chi connectivity index (χ1n) is 8.05. The van der Waals surface area contributed by atoms with Gasteiger partial charge < -0.3 is 9.64 Å². The van der Waals surface area contributed by atoms with Crippen molar-refractivity contribution in [2.75, 3.05) is 11.4 Å². The SMILES string of the molecule is CCN1c2cc(OCc3cc(F)c(F)c(F)c3)nc(=O)n2CC[C@@H]1C. The maximum Gasteiger partial charge on any atom is 0.352 e. The Balaban J connectivity index is 1.86. The first-order chi connectivity index (χ1) is 11.9. The van der Waals surface area contributed by atoms with E-state index in [4.69, 9.17) is 4.74 Å². The smallest absolute Gasteiger partial charge is 0.352 e. The second kappa shape index (κ2) is 6.78. The van der Waals surface area contributed by atoms with Crippen LogP contribution in [-0.2, 0) is 13.2 Å². The van der Waals surface area contributed by atoms with E-state index in [1.54, 1.807) is 10.6 Å². The molecule has 5 nitrogen and oxygen atoms in total. The minimum absolute atomic E-state index is 0.0638. The summed E-state index contributed by atoms with van der Waals surface area (Å²) in [5, 5.41) is 0. The lowest BCUT2D eigenvalue weighted by molar-refractivity contribution is 0.287. The van der Waals surface area contributed by atoms with Gasteiger partial charge in [0.15, 0.2) is 17.5 Å². The third-order valence-corrected chi connectivity index (χ3v) is 4.33. The molecule has 1 aliphatic rings. The number of benzene rings is 1. The van der Waals surface area contributed by atoms with Crippen molar-refractivity contribution >= 4 is 5.82 Å². The van der Waals surface area contributed by atoms with Crippen LogP contribution in [0.5, 0.6) is 5.88 Å². The number of hydrogen-bond donors (Lipinski definition) is 0. The Morgan fingerprint density at radius 3 is 2.56 bits per heavy atom. The molecule has 0 saturated carbocycles. The zero-order valence-electron chi connectivity index (χ0n) is 13.9. The van der Waals surface area contributed by atoms with E-state index in [-0.39, 0.29) is 24.1 Å². The van der Waals surface area contributed by atoms with Crippen LogP contribution in [0.25, 0.3) is 0 Å². The molecule has 25 heavy (non-hydrogen) atoms. The maximum atomic E-state index is 13.2. The van der Waals surface area contributed by atoms with Gasteiger partial charge in [-0.15, -0.1) is 0 Å².